The molecule has 1 heterocycles. The van der Waals surface area contributed by atoms with Crippen LogP contribution in [0.1, 0.15) is 19.8 Å². The van der Waals surface area contributed by atoms with Crippen LogP contribution >= 0.6 is 0 Å². The number of hydrogen-bond donors (Lipinski definition) is 1. The van der Waals surface area contributed by atoms with Crippen LogP contribution in [0.25, 0.3) is 0 Å². The van der Waals surface area contributed by atoms with Crippen molar-refractivity contribution in [3.63, 3.8) is 0 Å². The van der Waals surface area contributed by atoms with Gasteiger partial charge in [-0.1, -0.05) is 19.1 Å². The molecule has 2 atom stereocenters. The molecule has 1 fully saturated rings. The van der Waals surface area contributed by atoms with Crippen molar-refractivity contribution >= 4 is 9.84 Å². The van der Waals surface area contributed by atoms with E-state index in [1.54, 1.807) is 6.07 Å². The average molecular weight is 315 g/mol. The van der Waals surface area contributed by atoms with Gasteiger partial charge in [0.05, 0.1) is 12.4 Å². The summed E-state index contributed by atoms with van der Waals surface area (Å²) in [5, 5.41) is 3.28. The second-order valence-electron chi connectivity index (χ2n) is 5.40. The van der Waals surface area contributed by atoms with E-state index in [1.165, 1.54) is 18.2 Å². The number of sulfone groups is 1. The van der Waals surface area contributed by atoms with Gasteiger partial charge in [0.1, 0.15) is 10.7 Å². The molecule has 0 aromatic heterocycles. The molecule has 4 nitrogen and oxygen atoms in total. The Kier molecular flexibility index (Phi) is 5.72. The highest BCUT2D eigenvalue weighted by Gasteiger charge is 2.31. The van der Waals surface area contributed by atoms with Crippen LogP contribution in [0.5, 0.6) is 0 Å². The number of hydrogen-bond acceptors (Lipinski definition) is 4. The van der Waals surface area contributed by atoms with E-state index < -0.39 is 15.7 Å². The first-order valence-electron chi connectivity index (χ1n) is 7.33. The summed E-state index contributed by atoms with van der Waals surface area (Å²) in [6.07, 6.45) is 1.76. The predicted octanol–water partition coefficient (Wildman–Crippen LogP) is 2.00. The lowest BCUT2D eigenvalue weighted by Gasteiger charge is -2.23. The molecule has 21 heavy (non-hydrogen) atoms. The fraction of sp³-hybridized carbons (Fsp3) is 0.600. The fourth-order valence-electron chi connectivity index (χ4n) is 2.58. The number of nitrogens with one attached hydrogen (secondary N) is 1. The Morgan fingerprint density at radius 1 is 1.43 bits per heavy atom. The van der Waals surface area contributed by atoms with Crippen molar-refractivity contribution in [2.24, 2.45) is 5.92 Å². The van der Waals surface area contributed by atoms with E-state index >= 15 is 0 Å². The molecule has 0 spiro atoms. The third-order valence-electron chi connectivity index (χ3n) is 3.76. The maximum Gasteiger partial charge on any atom is 0.182 e. The minimum absolute atomic E-state index is 0.0953. The van der Waals surface area contributed by atoms with E-state index in [-0.39, 0.29) is 22.6 Å². The van der Waals surface area contributed by atoms with Crippen molar-refractivity contribution in [1.29, 1.82) is 0 Å². The van der Waals surface area contributed by atoms with Gasteiger partial charge in [0.15, 0.2) is 9.84 Å². The van der Waals surface area contributed by atoms with Crippen molar-refractivity contribution in [2.75, 3.05) is 25.5 Å². The first-order valence-corrected chi connectivity index (χ1v) is 8.98. The molecule has 118 valence electrons. The zero-order valence-electron chi connectivity index (χ0n) is 12.2. The van der Waals surface area contributed by atoms with Crippen LogP contribution in [0.4, 0.5) is 4.39 Å². The summed E-state index contributed by atoms with van der Waals surface area (Å²) >= 11 is 0. The summed E-state index contributed by atoms with van der Waals surface area (Å²) in [6.45, 7) is 4.00. The largest absolute Gasteiger partial charge is 0.381 e. The SMILES string of the molecule is CCCNC(CS(=O)(=O)c1ccccc1F)C1CCOC1. The van der Waals surface area contributed by atoms with Gasteiger partial charge in [0.2, 0.25) is 0 Å². The van der Waals surface area contributed by atoms with Gasteiger partial charge in [-0.3, -0.25) is 0 Å². The molecule has 1 aliphatic heterocycles. The van der Waals surface area contributed by atoms with Crippen molar-refractivity contribution in [3.8, 4) is 0 Å². The lowest BCUT2D eigenvalue weighted by Crippen LogP contribution is -2.42. The van der Waals surface area contributed by atoms with Crippen molar-refractivity contribution in [1.82, 2.24) is 5.32 Å². The Morgan fingerprint density at radius 2 is 2.19 bits per heavy atom. The maximum absolute atomic E-state index is 13.7. The minimum atomic E-state index is -3.65. The third-order valence-corrected chi connectivity index (χ3v) is 5.56. The van der Waals surface area contributed by atoms with E-state index in [9.17, 15) is 12.8 Å². The standard InChI is InChI=1S/C15H22FNO3S/c1-2-8-17-14(12-7-9-20-10-12)11-21(18,19)15-6-4-3-5-13(15)16/h3-6,12,14,17H,2,7-11H2,1H3. The van der Waals surface area contributed by atoms with Gasteiger partial charge in [-0.25, -0.2) is 12.8 Å². The van der Waals surface area contributed by atoms with Crippen LogP contribution in [0.3, 0.4) is 0 Å². The van der Waals surface area contributed by atoms with Crippen molar-refractivity contribution in [2.45, 2.75) is 30.7 Å². The molecule has 0 bridgehead atoms. The molecule has 0 aliphatic carbocycles. The Labute approximate surface area is 125 Å². The normalized spacial score (nSPS) is 20.6. The molecule has 0 radical (unpaired) electrons. The molecular weight excluding hydrogens is 293 g/mol. The van der Waals surface area contributed by atoms with E-state index in [2.05, 4.69) is 5.32 Å². The fourth-order valence-corrected chi connectivity index (χ4v) is 4.28. The van der Waals surface area contributed by atoms with Crippen LogP contribution in [0.2, 0.25) is 0 Å². The summed E-state index contributed by atoms with van der Waals surface area (Å²) in [5.41, 5.74) is 0. The summed E-state index contributed by atoms with van der Waals surface area (Å²) in [4.78, 5) is -0.216. The van der Waals surface area contributed by atoms with E-state index in [1.807, 2.05) is 6.92 Å². The van der Waals surface area contributed by atoms with E-state index in [4.69, 9.17) is 4.74 Å². The van der Waals surface area contributed by atoms with Crippen LogP contribution in [0.15, 0.2) is 29.2 Å². The molecule has 1 N–H and O–H groups in total. The monoisotopic (exact) mass is 315 g/mol. The molecular formula is C15H22FNO3S. The highest BCUT2D eigenvalue weighted by molar-refractivity contribution is 7.91. The summed E-state index contributed by atoms with van der Waals surface area (Å²) in [5.74, 6) is -0.616. The molecule has 6 heteroatoms. The summed E-state index contributed by atoms with van der Waals surface area (Å²) in [7, 11) is -3.65. The topological polar surface area (TPSA) is 55.4 Å². The van der Waals surface area contributed by atoms with Gasteiger partial charge in [0, 0.05) is 18.6 Å². The number of ether oxygens (including phenoxy) is 1. The highest BCUT2D eigenvalue weighted by atomic mass is 32.2. The zero-order valence-corrected chi connectivity index (χ0v) is 13.0. The minimum Gasteiger partial charge on any atom is -0.381 e. The smallest absolute Gasteiger partial charge is 0.182 e. The molecule has 1 aliphatic rings. The summed E-state index contributed by atoms with van der Waals surface area (Å²) in [6, 6.07) is 5.35. The van der Waals surface area contributed by atoms with Gasteiger partial charge in [-0.15, -0.1) is 0 Å². The highest BCUT2D eigenvalue weighted by Crippen LogP contribution is 2.22. The van der Waals surface area contributed by atoms with Gasteiger partial charge in [0.25, 0.3) is 0 Å². The Morgan fingerprint density at radius 3 is 2.81 bits per heavy atom. The Hall–Kier alpha value is -0.980. The Balaban J connectivity index is 2.16. The van der Waals surface area contributed by atoms with Gasteiger partial charge >= 0.3 is 0 Å². The van der Waals surface area contributed by atoms with Gasteiger partial charge < -0.3 is 10.1 Å². The van der Waals surface area contributed by atoms with E-state index in [0.29, 0.717) is 13.2 Å². The van der Waals surface area contributed by atoms with Crippen molar-refractivity contribution in [3.05, 3.63) is 30.1 Å². The van der Waals surface area contributed by atoms with Crippen LogP contribution in [0, 0.1) is 11.7 Å². The first-order chi connectivity index (χ1) is 10.0. The predicted molar refractivity (Wildman–Crippen MR) is 79.5 cm³/mol. The number of rotatable bonds is 7. The van der Waals surface area contributed by atoms with Crippen molar-refractivity contribution < 1.29 is 17.5 Å². The van der Waals surface area contributed by atoms with Crippen LogP contribution in [-0.4, -0.2) is 40.0 Å². The van der Waals surface area contributed by atoms with E-state index in [0.717, 1.165) is 19.4 Å². The average Bonchev–Trinajstić information content (AvgIpc) is 2.97. The molecule has 1 aromatic rings. The molecule has 0 amide bonds. The molecule has 1 saturated heterocycles. The second-order valence-corrected chi connectivity index (χ2v) is 7.40. The third kappa shape index (κ3) is 4.25. The number of halogens is 1. The number of benzene rings is 1. The van der Waals surface area contributed by atoms with Gasteiger partial charge in [-0.05, 0) is 31.5 Å². The zero-order chi connectivity index (χ0) is 15.3. The quantitative estimate of drug-likeness (QED) is 0.836. The molecule has 1 aromatic carbocycles. The molecule has 2 rings (SSSR count). The second kappa shape index (κ2) is 7.33. The first kappa shape index (κ1) is 16.4. The molecule has 0 saturated carbocycles. The lowest BCUT2D eigenvalue weighted by atomic mass is 10.0. The Bertz CT molecular complexity index is 556. The van der Waals surface area contributed by atoms with Crippen LogP contribution < -0.4 is 5.32 Å². The van der Waals surface area contributed by atoms with Crippen LogP contribution in [-0.2, 0) is 14.6 Å². The molecule has 2 unspecified atom stereocenters. The van der Waals surface area contributed by atoms with Gasteiger partial charge in [-0.2, -0.15) is 0 Å². The maximum atomic E-state index is 13.7. The lowest BCUT2D eigenvalue weighted by molar-refractivity contribution is 0.178. The summed E-state index contributed by atoms with van der Waals surface area (Å²) < 4.78 is 44.0.